The summed E-state index contributed by atoms with van der Waals surface area (Å²) in [6.45, 7) is 0.577. The number of hydrogen-bond acceptors (Lipinski definition) is 6. The molecule has 3 atom stereocenters. The molecule has 6 nitrogen and oxygen atoms in total. The standard InChI is InChI=1S/C20H17NO5/c1-21-16-5-11-4-14-15(24-8-23-14)6-12(11)20(16)7-10-2-3-13-18(25-9-22-13)17(10)19(21)26-20/h2-4,6,16,19H,5,7-9H2,1H3. The summed E-state index contributed by atoms with van der Waals surface area (Å²) in [5.74, 6) is 3.33. The van der Waals surface area contributed by atoms with E-state index in [2.05, 4.69) is 30.1 Å². The van der Waals surface area contributed by atoms with Crippen LogP contribution in [0.1, 0.15) is 28.5 Å². The van der Waals surface area contributed by atoms with Gasteiger partial charge in [0.2, 0.25) is 13.6 Å². The highest BCUT2D eigenvalue weighted by Crippen LogP contribution is 2.61. The smallest absolute Gasteiger partial charge is 0.231 e. The van der Waals surface area contributed by atoms with Crippen LogP contribution < -0.4 is 18.9 Å². The number of fused-ring (bicyclic) bond motifs is 7. The molecule has 1 spiro atoms. The molecule has 2 aromatic rings. The van der Waals surface area contributed by atoms with Crippen molar-refractivity contribution in [1.29, 1.82) is 0 Å². The highest BCUT2D eigenvalue weighted by Gasteiger charge is 2.61. The summed E-state index contributed by atoms with van der Waals surface area (Å²) >= 11 is 0. The maximum Gasteiger partial charge on any atom is 0.231 e. The van der Waals surface area contributed by atoms with Gasteiger partial charge >= 0.3 is 0 Å². The van der Waals surface area contributed by atoms with E-state index in [4.69, 9.17) is 23.7 Å². The van der Waals surface area contributed by atoms with Crippen molar-refractivity contribution in [3.05, 3.63) is 46.5 Å². The van der Waals surface area contributed by atoms with Gasteiger partial charge in [-0.15, -0.1) is 0 Å². The molecule has 3 unspecified atom stereocenters. The predicted octanol–water partition coefficient (Wildman–Crippen LogP) is 2.48. The lowest BCUT2D eigenvalue weighted by molar-refractivity contribution is -0.0742. The first-order valence-corrected chi connectivity index (χ1v) is 8.99. The zero-order valence-corrected chi connectivity index (χ0v) is 14.3. The van der Waals surface area contributed by atoms with Crippen LogP contribution in [-0.4, -0.2) is 31.6 Å². The molecule has 1 fully saturated rings. The molecule has 1 saturated heterocycles. The van der Waals surface area contributed by atoms with E-state index in [1.807, 2.05) is 6.07 Å². The van der Waals surface area contributed by atoms with Gasteiger partial charge in [0, 0.05) is 18.0 Å². The highest BCUT2D eigenvalue weighted by molar-refractivity contribution is 5.59. The Morgan fingerprint density at radius 1 is 0.962 bits per heavy atom. The van der Waals surface area contributed by atoms with E-state index < -0.39 is 0 Å². The first kappa shape index (κ1) is 13.7. The van der Waals surface area contributed by atoms with E-state index in [9.17, 15) is 0 Å². The second kappa shape index (κ2) is 4.27. The molecule has 0 amide bonds. The molecule has 7 rings (SSSR count). The average Bonchev–Trinajstić information content (AvgIpc) is 3.39. The molecule has 0 N–H and O–H groups in total. The molecule has 6 heteroatoms. The van der Waals surface area contributed by atoms with E-state index in [0.29, 0.717) is 6.79 Å². The summed E-state index contributed by atoms with van der Waals surface area (Å²) in [5.41, 5.74) is 4.62. The minimum Gasteiger partial charge on any atom is -0.454 e. The number of nitrogens with zero attached hydrogens (tertiary/aromatic N) is 1. The Morgan fingerprint density at radius 3 is 2.69 bits per heavy atom. The fourth-order valence-corrected chi connectivity index (χ4v) is 5.42. The van der Waals surface area contributed by atoms with Gasteiger partial charge in [-0.25, -0.2) is 0 Å². The summed E-state index contributed by atoms with van der Waals surface area (Å²) in [6.07, 6.45) is 1.67. The van der Waals surface area contributed by atoms with E-state index in [1.165, 1.54) is 16.7 Å². The van der Waals surface area contributed by atoms with E-state index in [1.54, 1.807) is 0 Å². The van der Waals surface area contributed by atoms with Gasteiger partial charge in [-0.1, -0.05) is 6.07 Å². The van der Waals surface area contributed by atoms with Crippen molar-refractivity contribution in [2.24, 2.45) is 0 Å². The van der Waals surface area contributed by atoms with Crippen LogP contribution in [0.5, 0.6) is 23.0 Å². The lowest BCUT2D eigenvalue weighted by Gasteiger charge is -2.34. The first-order chi connectivity index (χ1) is 12.7. The van der Waals surface area contributed by atoms with Crippen LogP contribution in [0, 0.1) is 0 Å². The maximum atomic E-state index is 6.75. The largest absolute Gasteiger partial charge is 0.454 e. The summed E-state index contributed by atoms with van der Waals surface area (Å²) < 4.78 is 29.3. The third kappa shape index (κ3) is 1.40. The van der Waals surface area contributed by atoms with Gasteiger partial charge in [-0.05, 0) is 48.4 Å². The molecule has 0 saturated carbocycles. The van der Waals surface area contributed by atoms with E-state index in [0.717, 1.165) is 41.4 Å². The lowest BCUT2D eigenvalue weighted by Crippen LogP contribution is -2.39. The van der Waals surface area contributed by atoms with Gasteiger partial charge in [-0.3, -0.25) is 4.90 Å². The van der Waals surface area contributed by atoms with Crippen molar-refractivity contribution < 1.29 is 23.7 Å². The minimum absolute atomic E-state index is 0.112. The Hall–Kier alpha value is -2.44. The number of benzene rings is 2. The van der Waals surface area contributed by atoms with Crippen molar-refractivity contribution in [2.75, 3.05) is 20.6 Å². The molecule has 26 heavy (non-hydrogen) atoms. The topological polar surface area (TPSA) is 49.4 Å². The fourth-order valence-electron chi connectivity index (χ4n) is 5.42. The zero-order valence-electron chi connectivity index (χ0n) is 14.3. The van der Waals surface area contributed by atoms with Crippen molar-refractivity contribution in [2.45, 2.75) is 30.7 Å². The number of hydrogen-bond donors (Lipinski definition) is 0. The Kier molecular flexibility index (Phi) is 2.25. The first-order valence-electron chi connectivity index (χ1n) is 8.99. The molecule has 0 radical (unpaired) electrons. The molecular weight excluding hydrogens is 334 g/mol. The lowest BCUT2D eigenvalue weighted by atomic mass is 9.83. The Bertz CT molecular complexity index is 989. The highest BCUT2D eigenvalue weighted by atomic mass is 16.7. The van der Waals surface area contributed by atoms with E-state index in [-0.39, 0.29) is 24.7 Å². The van der Waals surface area contributed by atoms with E-state index >= 15 is 0 Å². The Morgan fingerprint density at radius 2 is 1.77 bits per heavy atom. The van der Waals surface area contributed by atoms with Crippen LogP contribution in [0.15, 0.2) is 24.3 Å². The van der Waals surface area contributed by atoms with Crippen molar-refractivity contribution in [1.82, 2.24) is 4.90 Å². The summed E-state index contributed by atoms with van der Waals surface area (Å²) in [5, 5.41) is 0. The summed E-state index contributed by atoms with van der Waals surface area (Å²) in [7, 11) is 2.15. The Labute approximate surface area is 150 Å². The third-order valence-electron chi connectivity index (χ3n) is 6.56. The summed E-state index contributed by atoms with van der Waals surface area (Å²) in [4.78, 5) is 2.35. The molecule has 2 bridgehead atoms. The number of likely N-dealkylation sites (N-methyl/N-ethyl adjacent to an activating group) is 1. The van der Waals surface area contributed by atoms with Crippen molar-refractivity contribution in [3.8, 4) is 23.0 Å². The monoisotopic (exact) mass is 351 g/mol. The molecule has 0 aromatic heterocycles. The quantitative estimate of drug-likeness (QED) is 0.727. The molecular formula is C20H17NO5. The molecule has 4 aliphatic heterocycles. The summed E-state index contributed by atoms with van der Waals surface area (Å²) in [6, 6.07) is 8.74. The maximum absolute atomic E-state index is 6.75. The molecule has 5 aliphatic rings. The average molecular weight is 351 g/mol. The molecule has 1 aliphatic carbocycles. The van der Waals surface area contributed by atoms with Crippen LogP contribution in [0.2, 0.25) is 0 Å². The predicted molar refractivity (Wildman–Crippen MR) is 89.6 cm³/mol. The van der Waals surface area contributed by atoms with Gasteiger partial charge in [0.05, 0.1) is 0 Å². The van der Waals surface area contributed by atoms with Gasteiger partial charge < -0.3 is 23.7 Å². The van der Waals surface area contributed by atoms with Gasteiger partial charge in [0.25, 0.3) is 0 Å². The normalized spacial score (nSPS) is 31.7. The van der Waals surface area contributed by atoms with Crippen LogP contribution >= 0.6 is 0 Å². The molecule has 4 heterocycles. The van der Waals surface area contributed by atoms with Crippen molar-refractivity contribution in [3.63, 3.8) is 0 Å². The van der Waals surface area contributed by atoms with Crippen LogP contribution in [0.3, 0.4) is 0 Å². The fraction of sp³-hybridized carbons (Fsp3) is 0.400. The van der Waals surface area contributed by atoms with Gasteiger partial charge in [0.1, 0.15) is 11.8 Å². The van der Waals surface area contributed by atoms with Crippen LogP contribution in [0.4, 0.5) is 0 Å². The second-order valence-corrected chi connectivity index (χ2v) is 7.66. The minimum atomic E-state index is -0.337. The molecule has 2 aromatic carbocycles. The number of rotatable bonds is 0. The SMILES string of the molecule is CN1C2OC3(Cc4ccc5c(c42)OCO5)c2cc4c(cc2CC13)OCO4. The van der Waals surface area contributed by atoms with Gasteiger partial charge in [-0.2, -0.15) is 0 Å². The van der Waals surface area contributed by atoms with Gasteiger partial charge in [0.15, 0.2) is 23.0 Å². The van der Waals surface area contributed by atoms with Crippen LogP contribution in [-0.2, 0) is 23.2 Å². The van der Waals surface area contributed by atoms with Crippen LogP contribution in [0.25, 0.3) is 0 Å². The third-order valence-corrected chi connectivity index (χ3v) is 6.56. The molecule has 132 valence electrons. The number of ether oxygens (including phenoxy) is 5. The zero-order chi connectivity index (χ0) is 17.0. The van der Waals surface area contributed by atoms with Crippen molar-refractivity contribution >= 4 is 0 Å². The Balaban J connectivity index is 1.44. The second-order valence-electron chi connectivity index (χ2n) is 7.66.